The molecular weight excluding hydrogens is 250 g/mol. The standard InChI is InChI=1S/C16H21N3O/c1-16(2,3)10-19(4)15(20)12-9-14(17)18-13-8-6-5-7-11(12)13/h5-9H,10H2,1-4H3,(H2,17,18). The molecule has 4 heteroatoms. The molecule has 1 aromatic heterocycles. The second-order valence-corrected chi connectivity index (χ2v) is 6.33. The molecule has 0 unspecified atom stereocenters. The summed E-state index contributed by atoms with van der Waals surface area (Å²) in [5, 5.41) is 0.840. The third kappa shape index (κ3) is 3.07. The Bertz CT molecular complexity index is 644. The van der Waals surface area contributed by atoms with Crippen molar-refractivity contribution in [2.24, 2.45) is 5.41 Å². The van der Waals surface area contributed by atoms with Crippen molar-refractivity contribution in [3.63, 3.8) is 0 Å². The minimum Gasteiger partial charge on any atom is -0.384 e. The fourth-order valence-corrected chi connectivity index (χ4v) is 2.36. The van der Waals surface area contributed by atoms with Crippen molar-refractivity contribution in [1.29, 1.82) is 0 Å². The Morgan fingerprint density at radius 1 is 1.30 bits per heavy atom. The van der Waals surface area contributed by atoms with Crippen LogP contribution in [-0.2, 0) is 0 Å². The number of carbonyl (C=O) groups is 1. The van der Waals surface area contributed by atoms with Crippen LogP contribution in [0.25, 0.3) is 10.9 Å². The Kier molecular flexibility index (Phi) is 3.66. The molecule has 0 radical (unpaired) electrons. The highest BCUT2D eigenvalue weighted by molar-refractivity contribution is 6.06. The Hall–Kier alpha value is -2.10. The summed E-state index contributed by atoms with van der Waals surface area (Å²) in [7, 11) is 1.82. The van der Waals surface area contributed by atoms with Crippen LogP contribution in [0.2, 0.25) is 0 Å². The summed E-state index contributed by atoms with van der Waals surface area (Å²) < 4.78 is 0. The number of carbonyl (C=O) groups excluding carboxylic acids is 1. The average molecular weight is 271 g/mol. The van der Waals surface area contributed by atoms with Crippen molar-refractivity contribution in [2.45, 2.75) is 20.8 Å². The van der Waals surface area contributed by atoms with E-state index >= 15 is 0 Å². The fourth-order valence-electron chi connectivity index (χ4n) is 2.36. The molecule has 0 aliphatic heterocycles. The van der Waals surface area contributed by atoms with E-state index in [4.69, 9.17) is 5.73 Å². The van der Waals surface area contributed by atoms with Crippen molar-refractivity contribution in [1.82, 2.24) is 9.88 Å². The topological polar surface area (TPSA) is 59.2 Å². The van der Waals surface area contributed by atoms with Gasteiger partial charge in [-0.3, -0.25) is 4.79 Å². The van der Waals surface area contributed by atoms with Gasteiger partial charge >= 0.3 is 0 Å². The zero-order chi connectivity index (χ0) is 14.9. The van der Waals surface area contributed by atoms with Gasteiger partial charge < -0.3 is 10.6 Å². The van der Waals surface area contributed by atoms with Crippen LogP contribution in [0.5, 0.6) is 0 Å². The lowest BCUT2D eigenvalue weighted by Gasteiger charge is -2.27. The first-order valence-corrected chi connectivity index (χ1v) is 6.69. The van der Waals surface area contributed by atoms with Crippen molar-refractivity contribution in [3.8, 4) is 0 Å². The monoisotopic (exact) mass is 271 g/mol. The number of nitrogens with two attached hydrogens (primary N) is 1. The molecule has 0 aliphatic rings. The minimum absolute atomic E-state index is 0.0229. The first-order valence-electron chi connectivity index (χ1n) is 6.69. The van der Waals surface area contributed by atoms with Crippen molar-refractivity contribution in [3.05, 3.63) is 35.9 Å². The van der Waals surface area contributed by atoms with Crippen LogP contribution in [0.4, 0.5) is 5.82 Å². The summed E-state index contributed by atoms with van der Waals surface area (Å²) in [6.07, 6.45) is 0. The third-order valence-electron chi connectivity index (χ3n) is 3.02. The molecule has 0 fully saturated rings. The molecule has 0 bridgehead atoms. The number of rotatable bonds is 2. The largest absolute Gasteiger partial charge is 0.384 e. The van der Waals surface area contributed by atoms with E-state index < -0.39 is 0 Å². The van der Waals surface area contributed by atoms with Gasteiger partial charge in [-0.05, 0) is 17.5 Å². The molecule has 20 heavy (non-hydrogen) atoms. The number of fused-ring (bicyclic) bond motifs is 1. The van der Waals surface area contributed by atoms with E-state index in [1.807, 2.05) is 31.3 Å². The number of nitrogen functional groups attached to an aromatic ring is 1. The summed E-state index contributed by atoms with van der Waals surface area (Å²) in [4.78, 5) is 18.6. The number of benzene rings is 1. The molecule has 0 atom stereocenters. The smallest absolute Gasteiger partial charge is 0.254 e. The van der Waals surface area contributed by atoms with Crippen LogP contribution in [0.15, 0.2) is 30.3 Å². The maximum Gasteiger partial charge on any atom is 0.254 e. The number of anilines is 1. The van der Waals surface area contributed by atoms with Crippen molar-refractivity contribution in [2.75, 3.05) is 19.3 Å². The molecule has 2 N–H and O–H groups in total. The van der Waals surface area contributed by atoms with E-state index in [1.165, 1.54) is 0 Å². The maximum atomic E-state index is 12.6. The second-order valence-electron chi connectivity index (χ2n) is 6.33. The van der Waals surface area contributed by atoms with Gasteiger partial charge in [0.25, 0.3) is 5.91 Å². The summed E-state index contributed by atoms with van der Waals surface area (Å²) >= 11 is 0. The number of aromatic nitrogens is 1. The van der Waals surface area contributed by atoms with E-state index in [0.29, 0.717) is 17.9 Å². The summed E-state index contributed by atoms with van der Waals surface area (Å²) in [6.45, 7) is 7.00. The molecule has 2 aromatic rings. The van der Waals surface area contributed by atoms with E-state index in [2.05, 4.69) is 25.8 Å². The Morgan fingerprint density at radius 2 is 1.95 bits per heavy atom. The fraction of sp³-hybridized carbons (Fsp3) is 0.375. The normalized spacial score (nSPS) is 11.6. The lowest BCUT2D eigenvalue weighted by molar-refractivity contribution is 0.0747. The zero-order valence-electron chi connectivity index (χ0n) is 12.5. The first-order chi connectivity index (χ1) is 9.28. The zero-order valence-corrected chi connectivity index (χ0v) is 12.5. The molecule has 0 aliphatic carbocycles. The highest BCUT2D eigenvalue weighted by atomic mass is 16.2. The molecular formula is C16H21N3O. The minimum atomic E-state index is -0.0229. The summed E-state index contributed by atoms with van der Waals surface area (Å²) in [5.74, 6) is 0.349. The number of pyridine rings is 1. The Labute approximate surface area is 119 Å². The van der Waals surface area contributed by atoms with Gasteiger partial charge in [-0.2, -0.15) is 0 Å². The molecule has 2 rings (SSSR count). The van der Waals surface area contributed by atoms with Gasteiger partial charge in [0.15, 0.2) is 0 Å². The van der Waals surface area contributed by atoms with E-state index in [-0.39, 0.29) is 11.3 Å². The van der Waals surface area contributed by atoms with E-state index in [0.717, 1.165) is 10.9 Å². The van der Waals surface area contributed by atoms with Gasteiger partial charge in [-0.15, -0.1) is 0 Å². The van der Waals surface area contributed by atoms with Gasteiger partial charge in [-0.1, -0.05) is 39.0 Å². The van der Waals surface area contributed by atoms with E-state index in [1.54, 1.807) is 11.0 Å². The molecule has 0 saturated heterocycles. The number of para-hydroxylation sites is 1. The molecule has 0 saturated carbocycles. The molecule has 1 amide bonds. The summed E-state index contributed by atoms with van der Waals surface area (Å²) in [5.41, 5.74) is 7.22. The SMILES string of the molecule is CN(CC(C)(C)C)C(=O)c1cc(N)nc2ccccc12. The lowest BCUT2D eigenvalue weighted by Crippen LogP contribution is -2.34. The molecule has 1 heterocycles. The highest BCUT2D eigenvalue weighted by Crippen LogP contribution is 2.22. The summed E-state index contributed by atoms with van der Waals surface area (Å²) in [6, 6.07) is 9.22. The van der Waals surface area contributed by atoms with Gasteiger partial charge in [0.1, 0.15) is 5.82 Å². The van der Waals surface area contributed by atoms with Gasteiger partial charge in [0, 0.05) is 19.0 Å². The predicted molar refractivity (Wildman–Crippen MR) is 82.6 cm³/mol. The predicted octanol–water partition coefficient (Wildman–Crippen LogP) is 2.94. The van der Waals surface area contributed by atoms with Crippen molar-refractivity contribution < 1.29 is 4.79 Å². The van der Waals surface area contributed by atoms with Gasteiger partial charge in [-0.25, -0.2) is 4.98 Å². The van der Waals surface area contributed by atoms with Crippen LogP contribution < -0.4 is 5.73 Å². The lowest BCUT2D eigenvalue weighted by atomic mass is 9.96. The average Bonchev–Trinajstić information content (AvgIpc) is 2.34. The quantitative estimate of drug-likeness (QED) is 0.913. The Balaban J connectivity index is 2.44. The Morgan fingerprint density at radius 3 is 2.60 bits per heavy atom. The van der Waals surface area contributed by atoms with Crippen LogP contribution >= 0.6 is 0 Å². The number of hydrogen-bond acceptors (Lipinski definition) is 3. The first kappa shape index (κ1) is 14.3. The van der Waals surface area contributed by atoms with Gasteiger partial charge in [0.2, 0.25) is 0 Å². The van der Waals surface area contributed by atoms with Crippen LogP contribution in [0.3, 0.4) is 0 Å². The number of nitrogens with zero attached hydrogens (tertiary/aromatic N) is 2. The van der Waals surface area contributed by atoms with Crippen molar-refractivity contribution >= 4 is 22.6 Å². The number of hydrogen-bond donors (Lipinski definition) is 1. The third-order valence-corrected chi connectivity index (χ3v) is 3.02. The number of amides is 1. The molecule has 1 aromatic carbocycles. The molecule has 4 nitrogen and oxygen atoms in total. The molecule has 106 valence electrons. The van der Waals surface area contributed by atoms with E-state index in [9.17, 15) is 4.79 Å². The maximum absolute atomic E-state index is 12.6. The van der Waals surface area contributed by atoms with Crippen LogP contribution in [0.1, 0.15) is 31.1 Å². The highest BCUT2D eigenvalue weighted by Gasteiger charge is 2.20. The second kappa shape index (κ2) is 5.12. The van der Waals surface area contributed by atoms with Crippen LogP contribution in [0, 0.1) is 5.41 Å². The van der Waals surface area contributed by atoms with Crippen LogP contribution in [-0.4, -0.2) is 29.4 Å². The molecule has 0 spiro atoms. The van der Waals surface area contributed by atoms with Gasteiger partial charge in [0.05, 0.1) is 11.1 Å².